The van der Waals surface area contributed by atoms with Gasteiger partial charge in [-0.1, -0.05) is 122 Å². The number of fused-ring (bicyclic) bond motifs is 1. The summed E-state index contributed by atoms with van der Waals surface area (Å²) in [5, 5.41) is 0. The van der Waals surface area contributed by atoms with Gasteiger partial charge in [0.05, 0.1) is 12.1 Å². The van der Waals surface area contributed by atoms with E-state index in [2.05, 4.69) is 32.9 Å². The second-order valence-corrected chi connectivity index (χ2v) is 15.7. The van der Waals surface area contributed by atoms with Gasteiger partial charge in [-0.3, -0.25) is 0 Å². The largest absolute Gasteiger partial charge is 0.371 e. The van der Waals surface area contributed by atoms with Gasteiger partial charge in [-0.2, -0.15) is 0 Å². The lowest BCUT2D eigenvalue weighted by Crippen LogP contribution is -2.50. The third kappa shape index (κ3) is 12.4. The molecule has 0 spiro atoms. The van der Waals surface area contributed by atoms with E-state index >= 15 is 0 Å². The summed E-state index contributed by atoms with van der Waals surface area (Å²) in [6.45, 7) is 5.24. The highest BCUT2D eigenvalue weighted by molar-refractivity contribution is 5.58. The van der Waals surface area contributed by atoms with Crippen LogP contribution < -0.4 is 20.4 Å². The van der Waals surface area contributed by atoms with Crippen molar-refractivity contribution in [1.82, 2.24) is 4.98 Å². The van der Waals surface area contributed by atoms with E-state index < -0.39 is 0 Å². The van der Waals surface area contributed by atoms with Crippen molar-refractivity contribution in [3.8, 4) is 0 Å². The fourth-order valence-corrected chi connectivity index (χ4v) is 9.09. The van der Waals surface area contributed by atoms with Crippen molar-refractivity contribution in [2.24, 2.45) is 11.7 Å². The molecule has 4 heterocycles. The molecule has 0 saturated carbocycles. The first kappa shape index (κ1) is 37.9. The summed E-state index contributed by atoms with van der Waals surface area (Å²) in [6.07, 6.45) is 35.0. The molecule has 3 fully saturated rings. The van der Waals surface area contributed by atoms with E-state index in [4.69, 9.17) is 10.7 Å². The van der Waals surface area contributed by atoms with E-state index in [1.54, 1.807) is 12.1 Å². The Morgan fingerprint density at radius 3 is 1.80 bits per heavy atom. The Balaban J connectivity index is 0.883. The molecule has 5 rings (SSSR count). The monoisotopic (exact) mass is 676 g/mol. The van der Waals surface area contributed by atoms with Crippen molar-refractivity contribution in [3.63, 3.8) is 0 Å². The van der Waals surface area contributed by atoms with Crippen LogP contribution in [0.4, 0.5) is 21.6 Å². The minimum atomic E-state index is -0.142. The van der Waals surface area contributed by atoms with Crippen LogP contribution in [-0.4, -0.2) is 49.8 Å². The average Bonchev–Trinajstić information content (AvgIpc) is 3.57. The second kappa shape index (κ2) is 21.8. The average molecular weight is 676 g/mol. The number of piperidine rings is 2. The Labute approximate surface area is 299 Å². The number of benzene rings is 1. The Kier molecular flexibility index (Phi) is 16.8. The van der Waals surface area contributed by atoms with Gasteiger partial charge in [0.15, 0.2) is 0 Å². The van der Waals surface area contributed by atoms with Crippen molar-refractivity contribution in [2.45, 2.75) is 166 Å². The first-order valence-corrected chi connectivity index (χ1v) is 20.9. The van der Waals surface area contributed by atoms with Gasteiger partial charge in [0.25, 0.3) is 0 Å². The van der Waals surface area contributed by atoms with Crippen LogP contribution in [0.25, 0.3) is 0 Å². The minimum Gasteiger partial charge on any atom is -0.371 e. The molecule has 1 aromatic heterocycles. The van der Waals surface area contributed by atoms with Crippen LogP contribution in [0.15, 0.2) is 42.6 Å². The first-order chi connectivity index (χ1) is 24.2. The predicted octanol–water partition coefficient (Wildman–Crippen LogP) is 11.1. The van der Waals surface area contributed by atoms with Crippen molar-refractivity contribution in [1.29, 1.82) is 0 Å². The van der Waals surface area contributed by atoms with E-state index in [9.17, 15) is 4.39 Å². The number of nitrogens with zero attached hydrogens (tertiary/aromatic N) is 4. The summed E-state index contributed by atoms with van der Waals surface area (Å²) in [5.74, 6) is 1.88. The van der Waals surface area contributed by atoms with Gasteiger partial charge in [-0.15, -0.1) is 0 Å². The molecule has 274 valence electrons. The molecule has 6 heteroatoms. The van der Waals surface area contributed by atoms with Gasteiger partial charge in [-0.25, -0.2) is 9.37 Å². The number of anilines is 3. The summed E-state index contributed by atoms with van der Waals surface area (Å²) >= 11 is 0. The van der Waals surface area contributed by atoms with Gasteiger partial charge in [0.1, 0.15) is 11.6 Å². The Morgan fingerprint density at radius 2 is 1.18 bits per heavy atom. The number of rotatable bonds is 23. The van der Waals surface area contributed by atoms with E-state index in [0.29, 0.717) is 12.1 Å². The maximum absolute atomic E-state index is 14.0. The Bertz CT molecular complexity index is 1170. The third-order valence-corrected chi connectivity index (χ3v) is 12.0. The van der Waals surface area contributed by atoms with Crippen LogP contribution in [0.3, 0.4) is 0 Å². The normalized spacial score (nSPS) is 19.9. The molecule has 0 unspecified atom stereocenters. The molecule has 2 N–H and O–H groups in total. The van der Waals surface area contributed by atoms with Crippen molar-refractivity contribution < 1.29 is 4.39 Å². The van der Waals surface area contributed by atoms with Crippen LogP contribution in [0, 0.1) is 11.7 Å². The second-order valence-electron chi connectivity index (χ2n) is 15.7. The Morgan fingerprint density at radius 1 is 0.592 bits per heavy atom. The number of nitrogens with two attached hydrogens (primary N) is 1. The topological polar surface area (TPSA) is 48.6 Å². The number of pyridine rings is 1. The summed E-state index contributed by atoms with van der Waals surface area (Å²) < 4.78 is 14.0. The number of unbranched alkanes of at least 4 members (excludes halogenated alkanes) is 17. The van der Waals surface area contributed by atoms with Crippen molar-refractivity contribution in [3.05, 3.63) is 48.4 Å². The summed E-state index contributed by atoms with van der Waals surface area (Å²) in [5.41, 5.74) is 7.93. The molecule has 3 aliphatic rings. The van der Waals surface area contributed by atoms with Crippen molar-refractivity contribution in [2.75, 3.05) is 47.4 Å². The summed E-state index contributed by atoms with van der Waals surface area (Å²) in [4.78, 5) is 12.5. The molecular formula is C43H70FN5. The zero-order valence-electron chi connectivity index (χ0n) is 31.0. The number of halogens is 1. The molecule has 3 saturated heterocycles. The van der Waals surface area contributed by atoms with Crippen LogP contribution in [0.2, 0.25) is 0 Å². The van der Waals surface area contributed by atoms with Crippen LogP contribution in [0.1, 0.15) is 154 Å². The minimum absolute atomic E-state index is 0.142. The first-order valence-electron chi connectivity index (χ1n) is 20.9. The lowest BCUT2D eigenvalue weighted by atomic mass is 9.91. The van der Waals surface area contributed by atoms with Crippen LogP contribution in [-0.2, 0) is 0 Å². The van der Waals surface area contributed by atoms with Gasteiger partial charge in [-0.05, 0) is 75.3 Å². The number of aromatic nitrogens is 1. The van der Waals surface area contributed by atoms with Crippen LogP contribution >= 0.6 is 0 Å². The molecule has 0 amide bonds. The zero-order valence-corrected chi connectivity index (χ0v) is 31.0. The molecule has 0 aliphatic carbocycles. The van der Waals surface area contributed by atoms with E-state index in [0.717, 1.165) is 49.9 Å². The molecule has 0 bridgehead atoms. The smallest absolute Gasteiger partial charge is 0.130 e. The van der Waals surface area contributed by atoms with Gasteiger partial charge >= 0.3 is 0 Å². The maximum Gasteiger partial charge on any atom is 0.130 e. The zero-order chi connectivity index (χ0) is 33.9. The summed E-state index contributed by atoms with van der Waals surface area (Å²) in [6, 6.07) is 12.6. The lowest BCUT2D eigenvalue weighted by Gasteiger charge is -2.41. The van der Waals surface area contributed by atoms with Crippen molar-refractivity contribution >= 4 is 17.2 Å². The molecule has 2 aromatic rings. The fraction of sp³-hybridized carbons (Fsp3) is 0.744. The fourth-order valence-electron chi connectivity index (χ4n) is 9.09. The highest BCUT2D eigenvalue weighted by atomic mass is 19.1. The molecular weight excluding hydrogens is 606 g/mol. The molecule has 3 aliphatic heterocycles. The van der Waals surface area contributed by atoms with Gasteiger partial charge in [0, 0.05) is 49.8 Å². The molecule has 2 atom stereocenters. The van der Waals surface area contributed by atoms with E-state index in [1.165, 1.54) is 160 Å². The number of hydrogen-bond acceptors (Lipinski definition) is 5. The van der Waals surface area contributed by atoms with Crippen LogP contribution in [0.5, 0.6) is 0 Å². The van der Waals surface area contributed by atoms with Gasteiger partial charge in [0.2, 0.25) is 0 Å². The highest BCUT2D eigenvalue weighted by Crippen LogP contribution is 2.37. The van der Waals surface area contributed by atoms with E-state index in [1.807, 2.05) is 12.3 Å². The highest BCUT2D eigenvalue weighted by Gasteiger charge is 2.41. The predicted molar refractivity (Wildman–Crippen MR) is 208 cm³/mol. The third-order valence-electron chi connectivity index (χ3n) is 12.0. The SMILES string of the molecule is NCCCCCCCCCCCCCCCCCCCCC1CCN(c2ccnc(N3CC[C@@H]4[C@H]3CCCN4c3cccc(F)c3)c2)CC1. The Hall–Kier alpha value is -2.34. The molecule has 1 aromatic carbocycles. The number of hydrogen-bond donors (Lipinski definition) is 1. The standard InChI is InChI=1S/C43H70FN5/c44-38-22-19-23-40(35-38)48-31-20-24-41-42(48)28-34-49(41)43-36-39(25-30-46-43)47-32-26-37(27-33-47)21-17-15-13-11-9-7-5-3-1-2-4-6-8-10-12-14-16-18-29-45/h19,22-23,25,30,35-37,41-42H,1-18,20-21,24,26-29,31-34,45H2/t41-,42-/m1/s1. The summed E-state index contributed by atoms with van der Waals surface area (Å²) in [7, 11) is 0. The van der Waals surface area contributed by atoms with Gasteiger partial charge < -0.3 is 20.4 Å². The molecule has 49 heavy (non-hydrogen) atoms. The molecule has 5 nitrogen and oxygen atoms in total. The lowest BCUT2D eigenvalue weighted by molar-refractivity contribution is 0.366. The molecule has 0 radical (unpaired) electrons. The maximum atomic E-state index is 14.0. The quantitative estimate of drug-likeness (QED) is 0.119. The van der Waals surface area contributed by atoms with E-state index in [-0.39, 0.29) is 5.82 Å².